The molecule has 0 aromatic rings. The molecule has 3 atom stereocenters. The smallest absolute Gasteiger partial charge is 0.0729 e. The van der Waals surface area contributed by atoms with Crippen LogP contribution in [0.4, 0.5) is 0 Å². The maximum absolute atomic E-state index is 6.18. The van der Waals surface area contributed by atoms with Gasteiger partial charge in [-0.1, -0.05) is 6.92 Å². The Morgan fingerprint density at radius 2 is 2.00 bits per heavy atom. The first-order valence-electron chi connectivity index (χ1n) is 8.77. The second kappa shape index (κ2) is 8.47. The van der Waals surface area contributed by atoms with E-state index < -0.39 is 0 Å². The van der Waals surface area contributed by atoms with E-state index in [2.05, 4.69) is 26.1 Å². The fourth-order valence-electron chi connectivity index (χ4n) is 3.86. The van der Waals surface area contributed by atoms with Crippen molar-refractivity contribution in [3.8, 4) is 0 Å². The van der Waals surface area contributed by atoms with Gasteiger partial charge in [0, 0.05) is 32.5 Å². The van der Waals surface area contributed by atoms with Crippen LogP contribution in [0.5, 0.6) is 0 Å². The van der Waals surface area contributed by atoms with Crippen molar-refractivity contribution in [2.24, 2.45) is 5.92 Å². The van der Waals surface area contributed by atoms with Crippen molar-refractivity contribution in [1.29, 1.82) is 0 Å². The summed E-state index contributed by atoms with van der Waals surface area (Å²) in [5.74, 6) is 0.643. The molecule has 3 unspecified atom stereocenters. The molecule has 0 amide bonds. The van der Waals surface area contributed by atoms with Gasteiger partial charge in [0.2, 0.25) is 0 Å². The van der Waals surface area contributed by atoms with E-state index in [-0.39, 0.29) is 11.7 Å². The van der Waals surface area contributed by atoms with Crippen molar-refractivity contribution >= 4 is 0 Å². The van der Waals surface area contributed by atoms with E-state index in [9.17, 15) is 0 Å². The molecule has 2 rings (SSSR count). The van der Waals surface area contributed by atoms with Gasteiger partial charge in [-0.3, -0.25) is 0 Å². The Hall–Kier alpha value is -0.160. The molecule has 0 saturated carbocycles. The van der Waals surface area contributed by atoms with E-state index in [1.54, 1.807) is 0 Å². The highest BCUT2D eigenvalue weighted by molar-refractivity contribution is 4.94. The summed E-state index contributed by atoms with van der Waals surface area (Å²) >= 11 is 0. The van der Waals surface area contributed by atoms with Crippen LogP contribution in [0.1, 0.15) is 52.9 Å². The average molecular weight is 299 g/mol. The zero-order chi connectivity index (χ0) is 15.1. The van der Waals surface area contributed by atoms with Crippen LogP contribution in [0, 0.1) is 5.92 Å². The van der Waals surface area contributed by atoms with Gasteiger partial charge in [0.05, 0.1) is 11.7 Å². The van der Waals surface area contributed by atoms with Crippen LogP contribution in [0.2, 0.25) is 0 Å². The van der Waals surface area contributed by atoms with E-state index in [1.165, 1.54) is 0 Å². The zero-order valence-corrected chi connectivity index (χ0v) is 14.0. The van der Waals surface area contributed by atoms with E-state index in [1.807, 2.05) is 0 Å². The highest BCUT2D eigenvalue weighted by Gasteiger charge is 2.42. The fraction of sp³-hybridized carbons (Fsp3) is 1.00. The van der Waals surface area contributed by atoms with Gasteiger partial charge in [-0.15, -0.1) is 0 Å². The third-order valence-corrected chi connectivity index (χ3v) is 5.01. The van der Waals surface area contributed by atoms with Gasteiger partial charge < -0.3 is 19.5 Å². The van der Waals surface area contributed by atoms with Gasteiger partial charge in [-0.05, 0) is 58.4 Å². The Labute approximate surface area is 129 Å². The number of rotatable bonds is 7. The monoisotopic (exact) mass is 299 g/mol. The molecule has 0 aliphatic carbocycles. The molecule has 2 aliphatic heterocycles. The van der Waals surface area contributed by atoms with Crippen LogP contribution >= 0.6 is 0 Å². The van der Waals surface area contributed by atoms with Crippen molar-refractivity contribution in [3.05, 3.63) is 0 Å². The van der Waals surface area contributed by atoms with Gasteiger partial charge in [-0.25, -0.2) is 0 Å². The van der Waals surface area contributed by atoms with Crippen LogP contribution in [0.3, 0.4) is 0 Å². The third-order valence-electron chi connectivity index (χ3n) is 5.01. The molecule has 2 fully saturated rings. The Bertz CT molecular complexity index is 286. The molecule has 0 bridgehead atoms. The van der Waals surface area contributed by atoms with E-state index >= 15 is 0 Å². The summed E-state index contributed by atoms with van der Waals surface area (Å²) in [6.45, 7) is 10.9. The molecule has 1 N–H and O–H groups in total. The van der Waals surface area contributed by atoms with Crippen LogP contribution < -0.4 is 5.32 Å². The molecule has 2 heterocycles. The lowest BCUT2D eigenvalue weighted by Crippen LogP contribution is -2.53. The largest absolute Gasteiger partial charge is 0.381 e. The predicted molar refractivity (Wildman–Crippen MR) is 84.6 cm³/mol. The van der Waals surface area contributed by atoms with Crippen molar-refractivity contribution < 1.29 is 14.2 Å². The van der Waals surface area contributed by atoms with Crippen LogP contribution in [0.25, 0.3) is 0 Å². The zero-order valence-electron chi connectivity index (χ0n) is 14.0. The molecule has 4 nitrogen and oxygen atoms in total. The molecule has 0 radical (unpaired) electrons. The first-order chi connectivity index (χ1) is 10.2. The highest BCUT2D eigenvalue weighted by Crippen LogP contribution is 2.39. The maximum Gasteiger partial charge on any atom is 0.0729 e. The number of hydrogen-bond acceptors (Lipinski definition) is 4. The summed E-state index contributed by atoms with van der Waals surface area (Å²) in [5, 5.41) is 3.73. The molecule has 0 aromatic heterocycles. The minimum atomic E-state index is 0.0687. The van der Waals surface area contributed by atoms with Crippen molar-refractivity contribution in [3.63, 3.8) is 0 Å². The first kappa shape index (κ1) is 17.2. The van der Waals surface area contributed by atoms with Crippen molar-refractivity contribution in [2.45, 2.75) is 70.6 Å². The van der Waals surface area contributed by atoms with Gasteiger partial charge in [-0.2, -0.15) is 0 Å². The number of nitrogens with one attached hydrogen (secondary N) is 1. The van der Waals surface area contributed by atoms with E-state index in [0.29, 0.717) is 12.0 Å². The van der Waals surface area contributed by atoms with Crippen LogP contribution in [0.15, 0.2) is 0 Å². The molecular weight excluding hydrogens is 266 g/mol. The van der Waals surface area contributed by atoms with Gasteiger partial charge in [0.15, 0.2) is 0 Å². The highest BCUT2D eigenvalue weighted by atomic mass is 16.5. The first-order valence-corrected chi connectivity index (χ1v) is 8.77. The fourth-order valence-corrected chi connectivity index (χ4v) is 3.86. The standard InChI is InChI=1S/C17H33NO3/c1-4-9-18-16(14(3)20-5-2)15-6-10-21-17(13-15)7-11-19-12-8-17/h14-16,18H,4-13H2,1-3H3. The van der Waals surface area contributed by atoms with Gasteiger partial charge in [0.1, 0.15) is 0 Å². The molecule has 21 heavy (non-hydrogen) atoms. The summed E-state index contributed by atoms with van der Waals surface area (Å²) in [6, 6.07) is 0.438. The summed E-state index contributed by atoms with van der Waals surface area (Å²) in [4.78, 5) is 0. The summed E-state index contributed by atoms with van der Waals surface area (Å²) in [7, 11) is 0. The summed E-state index contributed by atoms with van der Waals surface area (Å²) in [6.07, 6.45) is 5.82. The lowest BCUT2D eigenvalue weighted by Gasteiger charge is -2.46. The van der Waals surface area contributed by atoms with Crippen LogP contribution in [-0.2, 0) is 14.2 Å². The number of hydrogen-bond donors (Lipinski definition) is 1. The Morgan fingerprint density at radius 1 is 1.24 bits per heavy atom. The lowest BCUT2D eigenvalue weighted by molar-refractivity contribution is -0.154. The molecular formula is C17H33NO3. The normalized spacial score (nSPS) is 28.4. The minimum Gasteiger partial charge on any atom is -0.381 e. The minimum absolute atomic E-state index is 0.0687. The van der Waals surface area contributed by atoms with Crippen molar-refractivity contribution in [2.75, 3.05) is 33.0 Å². The quantitative estimate of drug-likeness (QED) is 0.784. The molecule has 0 aromatic carbocycles. The lowest BCUT2D eigenvalue weighted by atomic mass is 9.76. The molecule has 1 spiro atoms. The molecule has 2 saturated heterocycles. The van der Waals surface area contributed by atoms with E-state index in [0.717, 1.165) is 65.1 Å². The maximum atomic E-state index is 6.18. The van der Waals surface area contributed by atoms with Gasteiger partial charge in [0.25, 0.3) is 0 Å². The summed E-state index contributed by atoms with van der Waals surface area (Å²) in [5.41, 5.74) is 0.0687. The molecule has 124 valence electrons. The predicted octanol–water partition coefficient (Wildman–Crippen LogP) is 2.76. The second-order valence-corrected chi connectivity index (χ2v) is 6.54. The summed E-state index contributed by atoms with van der Waals surface area (Å²) < 4.78 is 17.6. The third kappa shape index (κ3) is 4.65. The Morgan fingerprint density at radius 3 is 2.67 bits per heavy atom. The molecule has 2 aliphatic rings. The van der Waals surface area contributed by atoms with Crippen LogP contribution in [-0.4, -0.2) is 50.7 Å². The average Bonchev–Trinajstić information content (AvgIpc) is 2.49. The second-order valence-electron chi connectivity index (χ2n) is 6.54. The van der Waals surface area contributed by atoms with E-state index in [4.69, 9.17) is 14.2 Å². The number of ether oxygens (including phenoxy) is 3. The SMILES string of the molecule is CCCNC(C1CCOC2(CCOCC2)C1)C(C)OCC. The topological polar surface area (TPSA) is 39.7 Å². The Balaban J connectivity index is 2.00. The van der Waals surface area contributed by atoms with Gasteiger partial charge >= 0.3 is 0 Å². The van der Waals surface area contributed by atoms with Crippen molar-refractivity contribution in [1.82, 2.24) is 5.32 Å². The Kier molecular flexibility index (Phi) is 6.93. The molecule has 4 heteroatoms.